The molecule has 0 fully saturated rings. The summed E-state index contributed by atoms with van der Waals surface area (Å²) in [6.07, 6.45) is 12.1. The molecule has 1 heterocycles. The summed E-state index contributed by atoms with van der Waals surface area (Å²) in [5, 5.41) is 0. The van der Waals surface area contributed by atoms with Gasteiger partial charge in [0.2, 0.25) is 0 Å². The molecule has 0 spiro atoms. The summed E-state index contributed by atoms with van der Waals surface area (Å²) in [5.74, 6) is 0. The Balaban J connectivity index is 0.00000144. The number of hydrogen-bond acceptors (Lipinski definition) is 0. The topological polar surface area (TPSA) is 4.44 Å². The van der Waals surface area contributed by atoms with Crippen molar-refractivity contribution in [1.29, 1.82) is 0 Å². The van der Waals surface area contributed by atoms with Crippen molar-refractivity contribution in [3.8, 4) is 0 Å². The van der Waals surface area contributed by atoms with E-state index in [1.54, 1.807) is 0 Å². The third-order valence-corrected chi connectivity index (χ3v) is 2.24. The van der Waals surface area contributed by atoms with Gasteiger partial charge in [-0.2, -0.15) is 0 Å². The lowest BCUT2D eigenvalue weighted by Crippen LogP contribution is -3.01. The molecule has 0 radical (unpaired) electrons. The van der Waals surface area contributed by atoms with Gasteiger partial charge in [0.15, 0.2) is 0 Å². The van der Waals surface area contributed by atoms with Crippen molar-refractivity contribution in [1.82, 2.24) is 0 Å². The molecule has 1 unspecified atom stereocenters. The van der Waals surface area contributed by atoms with Crippen LogP contribution in [0.2, 0.25) is 0 Å². The summed E-state index contributed by atoms with van der Waals surface area (Å²) >= 11 is 0. The minimum Gasteiger partial charge on any atom is -1.00 e. The molecule has 0 bridgehead atoms. The van der Waals surface area contributed by atoms with E-state index < -0.39 is 0 Å². The Kier molecular flexibility index (Phi) is 6.51. The van der Waals surface area contributed by atoms with E-state index in [0.717, 1.165) is 0 Å². The van der Waals surface area contributed by atoms with E-state index in [4.69, 9.17) is 0 Å². The molecule has 1 N–H and O–H groups in total. The first-order valence-electron chi connectivity index (χ1n) is 5.11. The molecular formula is C11H20FN. The number of hydrogen-bond donors (Lipinski definition) is 1. The lowest BCUT2D eigenvalue weighted by atomic mass is 10.1. The van der Waals surface area contributed by atoms with Crippen LogP contribution in [0.15, 0.2) is 24.0 Å². The summed E-state index contributed by atoms with van der Waals surface area (Å²) in [4.78, 5) is 1.52. The van der Waals surface area contributed by atoms with Crippen LogP contribution in [0.25, 0.3) is 0 Å². The van der Waals surface area contributed by atoms with Gasteiger partial charge in [0.1, 0.15) is 6.20 Å². The van der Waals surface area contributed by atoms with Crippen LogP contribution in [0.4, 0.5) is 0 Å². The van der Waals surface area contributed by atoms with E-state index in [1.807, 2.05) is 0 Å². The molecular weight excluding hydrogens is 165 g/mol. The lowest BCUT2D eigenvalue weighted by Gasteiger charge is -2.02. The van der Waals surface area contributed by atoms with Gasteiger partial charge in [-0.3, -0.25) is 4.90 Å². The smallest absolute Gasteiger partial charge is 0.102 e. The Morgan fingerprint density at radius 2 is 2.00 bits per heavy atom. The molecule has 1 aliphatic rings. The number of rotatable bonds is 5. The first kappa shape index (κ1) is 12.4. The molecule has 0 saturated heterocycles. The average Bonchev–Trinajstić information content (AvgIpc) is 2.50. The molecule has 13 heavy (non-hydrogen) atoms. The van der Waals surface area contributed by atoms with Crippen molar-refractivity contribution in [3.63, 3.8) is 0 Å². The van der Waals surface area contributed by atoms with Gasteiger partial charge in [-0.15, -0.1) is 0 Å². The number of allylic oxidation sites excluding steroid dienone is 2. The fourth-order valence-corrected chi connectivity index (χ4v) is 1.53. The zero-order valence-corrected chi connectivity index (χ0v) is 8.65. The predicted molar refractivity (Wildman–Crippen MR) is 52.9 cm³/mol. The Bertz CT molecular complexity index is 185. The SMILES string of the molecule is CCCCC1=C[NH+](CCC)C=C1.[F-]. The number of halogens is 1. The van der Waals surface area contributed by atoms with Crippen LogP contribution in [0.1, 0.15) is 39.5 Å². The van der Waals surface area contributed by atoms with Crippen LogP contribution < -0.4 is 9.60 Å². The molecule has 0 aromatic heterocycles. The van der Waals surface area contributed by atoms with E-state index in [1.165, 1.54) is 42.7 Å². The normalized spacial score (nSPS) is 19.8. The van der Waals surface area contributed by atoms with Crippen LogP contribution in [-0.2, 0) is 0 Å². The first-order valence-corrected chi connectivity index (χ1v) is 5.11. The van der Waals surface area contributed by atoms with Crippen molar-refractivity contribution in [2.24, 2.45) is 0 Å². The van der Waals surface area contributed by atoms with Crippen LogP contribution in [0.5, 0.6) is 0 Å². The molecule has 76 valence electrons. The fraction of sp³-hybridized carbons (Fsp3) is 0.636. The summed E-state index contributed by atoms with van der Waals surface area (Å²) in [7, 11) is 0. The van der Waals surface area contributed by atoms with Gasteiger partial charge >= 0.3 is 0 Å². The third kappa shape index (κ3) is 4.23. The van der Waals surface area contributed by atoms with Gasteiger partial charge in [-0.05, 0) is 19.3 Å². The van der Waals surface area contributed by atoms with Gasteiger partial charge in [-0.25, -0.2) is 0 Å². The Morgan fingerprint density at radius 3 is 2.62 bits per heavy atom. The van der Waals surface area contributed by atoms with Gasteiger partial charge < -0.3 is 4.70 Å². The highest BCUT2D eigenvalue weighted by molar-refractivity contribution is 5.17. The summed E-state index contributed by atoms with van der Waals surface area (Å²) in [5.41, 5.74) is 1.53. The number of unbranched alkanes of at least 4 members (excludes halogenated alkanes) is 1. The molecule has 0 saturated carbocycles. The fourth-order valence-electron chi connectivity index (χ4n) is 1.53. The molecule has 1 nitrogen and oxygen atoms in total. The maximum atomic E-state index is 2.36. The highest BCUT2D eigenvalue weighted by atomic mass is 19.0. The lowest BCUT2D eigenvalue weighted by molar-refractivity contribution is -0.787. The summed E-state index contributed by atoms with van der Waals surface area (Å²) in [6, 6.07) is 0. The molecule has 0 aromatic rings. The van der Waals surface area contributed by atoms with E-state index in [-0.39, 0.29) is 4.70 Å². The summed E-state index contributed by atoms with van der Waals surface area (Å²) in [6.45, 7) is 5.72. The minimum absolute atomic E-state index is 0. The first-order chi connectivity index (χ1) is 5.86. The van der Waals surface area contributed by atoms with Gasteiger partial charge in [0.05, 0.1) is 12.7 Å². The average molecular weight is 185 g/mol. The van der Waals surface area contributed by atoms with Crippen LogP contribution in [0.3, 0.4) is 0 Å². The number of quaternary nitrogens is 1. The second-order valence-corrected chi connectivity index (χ2v) is 3.48. The third-order valence-electron chi connectivity index (χ3n) is 2.24. The zero-order valence-electron chi connectivity index (χ0n) is 8.65. The van der Waals surface area contributed by atoms with E-state index in [9.17, 15) is 0 Å². The van der Waals surface area contributed by atoms with Crippen LogP contribution in [0, 0.1) is 0 Å². The molecule has 1 atom stereocenters. The van der Waals surface area contributed by atoms with Gasteiger partial charge in [0, 0.05) is 11.6 Å². The van der Waals surface area contributed by atoms with Crippen molar-refractivity contribution < 1.29 is 9.60 Å². The Hall–Kier alpha value is -0.630. The monoisotopic (exact) mass is 185 g/mol. The second kappa shape index (κ2) is 6.84. The molecule has 0 amide bonds. The van der Waals surface area contributed by atoms with Crippen LogP contribution in [-0.4, -0.2) is 6.54 Å². The van der Waals surface area contributed by atoms with E-state index in [0.29, 0.717) is 0 Å². The molecule has 0 aromatic carbocycles. The quantitative estimate of drug-likeness (QED) is 0.554. The van der Waals surface area contributed by atoms with Gasteiger partial charge in [-0.1, -0.05) is 20.3 Å². The maximum absolute atomic E-state index is 2.36. The standard InChI is InChI=1S/C11H19N.FH/c1-3-5-6-11-7-9-12(10-11)8-4-2;/h7,9-10H,3-6,8H2,1-2H3;1H. The van der Waals surface area contributed by atoms with Gasteiger partial charge in [0.25, 0.3) is 0 Å². The Morgan fingerprint density at radius 1 is 1.23 bits per heavy atom. The highest BCUT2D eigenvalue weighted by Crippen LogP contribution is 2.08. The highest BCUT2D eigenvalue weighted by Gasteiger charge is 2.08. The molecule has 1 aliphatic heterocycles. The Labute approximate surface area is 80.5 Å². The van der Waals surface area contributed by atoms with Crippen molar-refractivity contribution in [2.75, 3.05) is 6.54 Å². The van der Waals surface area contributed by atoms with Crippen molar-refractivity contribution in [3.05, 3.63) is 24.0 Å². The van der Waals surface area contributed by atoms with Crippen molar-refractivity contribution in [2.45, 2.75) is 39.5 Å². The molecule has 2 heteroatoms. The van der Waals surface area contributed by atoms with E-state index in [2.05, 4.69) is 32.3 Å². The summed E-state index contributed by atoms with van der Waals surface area (Å²) < 4.78 is 0. The number of nitrogens with one attached hydrogen (secondary N) is 1. The molecule has 1 rings (SSSR count). The largest absolute Gasteiger partial charge is 1.00 e. The second-order valence-electron chi connectivity index (χ2n) is 3.48. The zero-order chi connectivity index (χ0) is 8.81. The predicted octanol–water partition coefficient (Wildman–Crippen LogP) is -1.11. The van der Waals surface area contributed by atoms with Crippen molar-refractivity contribution >= 4 is 0 Å². The van der Waals surface area contributed by atoms with E-state index >= 15 is 0 Å². The maximum Gasteiger partial charge on any atom is 0.102 e. The van der Waals surface area contributed by atoms with Crippen LogP contribution >= 0.6 is 0 Å². The molecule has 0 aliphatic carbocycles. The minimum atomic E-state index is 0.